The fourth-order valence-electron chi connectivity index (χ4n) is 8.79. The quantitative estimate of drug-likeness (QED) is 0.230. The molecule has 3 aromatic rings. The van der Waals surface area contributed by atoms with Crippen molar-refractivity contribution in [3.05, 3.63) is 88.1 Å². The van der Waals surface area contributed by atoms with Crippen LogP contribution in [-0.2, 0) is 32.4 Å². The third-order valence-electron chi connectivity index (χ3n) is 11.8. The number of hydrogen-bond donors (Lipinski definition) is 3. The molecule has 276 valence electrons. The molecule has 5 aliphatic rings. The van der Waals surface area contributed by atoms with Crippen LogP contribution in [0.15, 0.2) is 65.6 Å². The smallest absolute Gasteiger partial charge is 0.410 e. The highest BCUT2D eigenvalue weighted by Crippen LogP contribution is 2.65. The Balaban J connectivity index is 1.14. The van der Waals surface area contributed by atoms with Crippen LogP contribution >= 0.6 is 0 Å². The first-order valence-corrected chi connectivity index (χ1v) is 17.7. The van der Waals surface area contributed by atoms with Gasteiger partial charge in [-0.2, -0.15) is 13.2 Å². The minimum Gasteiger partial charge on any atom is -0.410 e. The molecule has 0 spiro atoms. The van der Waals surface area contributed by atoms with E-state index >= 15 is 0 Å². The average Bonchev–Trinajstić information content (AvgIpc) is 3.61. The molecule has 0 unspecified atom stereocenters. The molecule has 1 aromatic heterocycles. The molecular weight excluding hydrogens is 678 g/mol. The Morgan fingerprint density at radius 2 is 1.85 bits per heavy atom. The fourth-order valence-corrected chi connectivity index (χ4v) is 8.79. The van der Waals surface area contributed by atoms with Crippen molar-refractivity contribution in [2.45, 2.75) is 102 Å². The molecule has 2 aromatic carbocycles. The zero-order valence-electron chi connectivity index (χ0n) is 29.8. The van der Waals surface area contributed by atoms with Gasteiger partial charge in [0.25, 0.3) is 5.56 Å². The summed E-state index contributed by atoms with van der Waals surface area (Å²) in [5.41, 5.74) is -2.83. The number of anilines is 1. The number of ether oxygens (including phenoxy) is 1. The first-order chi connectivity index (χ1) is 24.5. The zero-order valence-corrected chi connectivity index (χ0v) is 29.8. The predicted molar refractivity (Wildman–Crippen MR) is 186 cm³/mol. The Hall–Kier alpha value is -4.37. The Morgan fingerprint density at radius 3 is 2.54 bits per heavy atom. The summed E-state index contributed by atoms with van der Waals surface area (Å²) in [5.74, 6) is 0.273. The van der Waals surface area contributed by atoms with Gasteiger partial charge in [0.15, 0.2) is 0 Å². The van der Waals surface area contributed by atoms with Crippen LogP contribution in [0.1, 0.15) is 83.3 Å². The fraction of sp³-hybridized carbons (Fsp3) is 0.514. The number of fused-ring (bicyclic) bond motifs is 1. The molecule has 8 rings (SSSR count). The summed E-state index contributed by atoms with van der Waals surface area (Å²) < 4.78 is 59.8. The number of benzene rings is 2. The molecule has 2 aliphatic heterocycles. The monoisotopic (exact) mass is 721 g/mol. The van der Waals surface area contributed by atoms with Gasteiger partial charge < -0.3 is 30.0 Å². The van der Waals surface area contributed by atoms with E-state index in [0.717, 1.165) is 25.0 Å². The minimum atomic E-state index is -4.53. The molecule has 15 heteroatoms. The Labute approximate surface area is 300 Å². The van der Waals surface area contributed by atoms with Crippen LogP contribution in [0.25, 0.3) is 0 Å². The Bertz CT molecular complexity index is 1930. The van der Waals surface area contributed by atoms with E-state index in [4.69, 9.17) is 14.0 Å². The summed E-state index contributed by atoms with van der Waals surface area (Å²) in [6, 6.07) is 12.1. The molecule has 0 radical (unpaired) electrons. The maximum atomic E-state index is 14.3. The van der Waals surface area contributed by atoms with Crippen LogP contribution in [-0.4, -0.2) is 46.3 Å². The molecule has 4 fully saturated rings. The number of nitrogens with one attached hydrogen (secondary N) is 3. The van der Waals surface area contributed by atoms with E-state index in [-0.39, 0.29) is 36.0 Å². The highest BCUT2D eigenvalue weighted by molar-refractivity contribution is 6.47. The number of halogens is 3. The summed E-state index contributed by atoms with van der Waals surface area (Å²) in [7, 11) is -0.694. The molecule has 1 saturated heterocycles. The van der Waals surface area contributed by atoms with E-state index in [1.807, 2.05) is 6.92 Å². The highest BCUT2D eigenvalue weighted by Gasteiger charge is 2.68. The number of aromatic nitrogens is 2. The highest BCUT2D eigenvalue weighted by atomic mass is 19.4. The van der Waals surface area contributed by atoms with Crippen LogP contribution in [0.2, 0.25) is 0 Å². The molecular formula is C37H43BF3N5O6. The van der Waals surface area contributed by atoms with Crippen LogP contribution in [0, 0.1) is 17.3 Å². The van der Waals surface area contributed by atoms with E-state index in [1.54, 1.807) is 37.3 Å². The Morgan fingerprint density at radius 1 is 1.10 bits per heavy atom. The normalized spacial score (nSPS) is 29.0. The van der Waals surface area contributed by atoms with Crippen molar-refractivity contribution in [3.8, 4) is 5.75 Å². The average molecular weight is 722 g/mol. The summed E-state index contributed by atoms with van der Waals surface area (Å²) in [6.07, 6.45) is -1.75. The van der Waals surface area contributed by atoms with E-state index in [1.165, 1.54) is 22.9 Å². The van der Waals surface area contributed by atoms with Crippen LogP contribution in [0.5, 0.6) is 5.75 Å². The van der Waals surface area contributed by atoms with Gasteiger partial charge in [-0.1, -0.05) is 51.1 Å². The summed E-state index contributed by atoms with van der Waals surface area (Å²) >= 11 is 0. The van der Waals surface area contributed by atoms with Crippen LogP contribution in [0.3, 0.4) is 0 Å². The first-order valence-electron chi connectivity index (χ1n) is 17.7. The second kappa shape index (κ2) is 12.9. The second-order valence-corrected chi connectivity index (χ2v) is 15.5. The SMILES string of the molecule is CC[C@H](NC(=O)[C@@H]1C[C@@](C)(NC(=O)Oc2ccccc2)c2ncc(NCc3cccc(C(F)(F)F)c3)c(=O)n21)B1O[C@@H]2C[C@@H]3C[C@@H](C3(C)C)[C@]2(C)O1. The lowest BCUT2D eigenvalue weighted by Gasteiger charge is -2.64. The predicted octanol–water partition coefficient (Wildman–Crippen LogP) is 5.99. The van der Waals surface area contributed by atoms with Gasteiger partial charge in [-0.15, -0.1) is 0 Å². The minimum absolute atomic E-state index is 0.0248. The summed E-state index contributed by atoms with van der Waals surface area (Å²) in [6.45, 7) is 10.1. The van der Waals surface area contributed by atoms with Gasteiger partial charge >= 0.3 is 19.4 Å². The zero-order chi connectivity index (χ0) is 37.2. The number of amides is 2. The molecule has 7 atom stereocenters. The van der Waals surface area contributed by atoms with Crippen molar-refractivity contribution in [1.29, 1.82) is 0 Å². The lowest BCUT2D eigenvalue weighted by atomic mass is 9.43. The van der Waals surface area contributed by atoms with Crippen molar-refractivity contribution in [2.75, 3.05) is 5.32 Å². The molecule has 3 heterocycles. The largest absolute Gasteiger partial charge is 0.481 e. The molecule has 2 bridgehead atoms. The maximum absolute atomic E-state index is 14.3. The van der Waals surface area contributed by atoms with Crippen LogP contribution in [0.4, 0.5) is 23.7 Å². The third kappa shape index (κ3) is 6.25. The summed E-state index contributed by atoms with van der Waals surface area (Å²) in [5, 5.41) is 8.78. The van der Waals surface area contributed by atoms with Crippen molar-refractivity contribution < 1.29 is 36.8 Å². The maximum Gasteiger partial charge on any atom is 0.481 e. The number of hydrogen-bond acceptors (Lipinski definition) is 8. The summed E-state index contributed by atoms with van der Waals surface area (Å²) in [4.78, 5) is 46.0. The van der Waals surface area contributed by atoms with Gasteiger partial charge in [-0.3, -0.25) is 14.2 Å². The van der Waals surface area contributed by atoms with Crippen molar-refractivity contribution in [2.24, 2.45) is 17.3 Å². The van der Waals surface area contributed by atoms with Gasteiger partial charge in [0, 0.05) is 13.0 Å². The topological polar surface area (TPSA) is 133 Å². The van der Waals surface area contributed by atoms with Gasteiger partial charge in [0.2, 0.25) is 5.91 Å². The molecule has 11 nitrogen and oxygen atoms in total. The van der Waals surface area contributed by atoms with Crippen LogP contribution < -0.4 is 26.2 Å². The molecule has 3 N–H and O–H groups in total. The number of alkyl halides is 3. The van der Waals surface area contributed by atoms with E-state index in [2.05, 4.69) is 41.7 Å². The van der Waals surface area contributed by atoms with E-state index in [9.17, 15) is 27.6 Å². The standard InChI is InChI=1S/C37H43BF3N5O6/c1-6-29(38-51-28-17-23-16-27(34(23,2)3)36(28,5)52-38)44-30(47)26-18-35(4,45-33(49)50-24-13-8-7-9-14-24)32-43-20-25(31(48)46(26)32)42-19-21-11-10-12-22(15-21)37(39,40)41/h7-15,20,23,26-29,42H,6,16-19H2,1-5H3,(H,44,47)(H,45,49)/t23-,26-,27-,28+,29-,35+,36-/m0/s1. The van der Waals surface area contributed by atoms with E-state index in [0.29, 0.717) is 29.6 Å². The van der Waals surface area contributed by atoms with Crippen molar-refractivity contribution in [3.63, 3.8) is 0 Å². The first kappa shape index (κ1) is 36.0. The Kier molecular flexibility index (Phi) is 8.96. The number of para-hydroxylation sites is 1. The van der Waals surface area contributed by atoms with Gasteiger partial charge in [-0.25, -0.2) is 9.78 Å². The second-order valence-electron chi connectivity index (χ2n) is 15.5. The lowest BCUT2D eigenvalue weighted by Crippen LogP contribution is -2.65. The van der Waals surface area contributed by atoms with Crippen molar-refractivity contribution >= 4 is 24.8 Å². The van der Waals surface area contributed by atoms with Crippen molar-refractivity contribution in [1.82, 2.24) is 20.2 Å². The van der Waals surface area contributed by atoms with E-state index < -0.39 is 59.5 Å². The molecule has 52 heavy (non-hydrogen) atoms. The van der Waals surface area contributed by atoms with Gasteiger partial charge in [-0.05, 0) is 80.2 Å². The number of carbonyl (C=O) groups is 2. The molecule has 2 amide bonds. The molecule has 3 aliphatic carbocycles. The lowest BCUT2D eigenvalue weighted by molar-refractivity contribution is -0.199. The van der Waals surface area contributed by atoms with Gasteiger partial charge in [0.1, 0.15) is 28.8 Å². The number of carbonyl (C=O) groups excluding carboxylic acids is 2. The number of rotatable bonds is 9. The van der Waals surface area contributed by atoms with Gasteiger partial charge in [0.05, 0.1) is 29.4 Å². The third-order valence-corrected chi connectivity index (χ3v) is 11.8. The molecule has 3 saturated carbocycles. The number of nitrogens with zero attached hydrogens (tertiary/aromatic N) is 2.